The van der Waals surface area contributed by atoms with Crippen molar-refractivity contribution in [1.82, 2.24) is 4.98 Å². The smallest absolute Gasteiger partial charge is 0.347 e. The third-order valence-corrected chi connectivity index (χ3v) is 2.95. The fourth-order valence-electron chi connectivity index (χ4n) is 1.11. The van der Waals surface area contributed by atoms with Crippen LogP contribution < -0.4 is 5.32 Å². The van der Waals surface area contributed by atoms with Crippen molar-refractivity contribution in [1.29, 1.82) is 0 Å². The van der Waals surface area contributed by atoms with E-state index in [9.17, 15) is 4.79 Å². The minimum absolute atomic E-state index is 0.276. The SMILES string of the molecule is CCC(CC)Nc1ncc(C(=O)O)s1. The predicted molar refractivity (Wildman–Crippen MR) is 57.1 cm³/mol. The predicted octanol–water partition coefficient (Wildman–Crippen LogP) is 2.44. The lowest BCUT2D eigenvalue weighted by Crippen LogP contribution is -2.16. The molecule has 0 unspecified atom stereocenters. The molecule has 0 aliphatic carbocycles. The number of carboxylic acids is 1. The van der Waals surface area contributed by atoms with Crippen molar-refractivity contribution in [3.05, 3.63) is 11.1 Å². The van der Waals surface area contributed by atoms with Gasteiger partial charge in [-0.3, -0.25) is 0 Å². The van der Waals surface area contributed by atoms with Gasteiger partial charge in [0.25, 0.3) is 0 Å². The molecule has 0 amide bonds. The first-order valence-corrected chi connectivity index (χ1v) is 5.44. The number of thiazole rings is 1. The van der Waals surface area contributed by atoms with E-state index in [2.05, 4.69) is 24.1 Å². The second kappa shape index (κ2) is 4.95. The number of rotatable bonds is 5. The molecule has 0 aromatic carbocycles. The first kappa shape index (κ1) is 11.0. The van der Waals surface area contributed by atoms with E-state index in [-0.39, 0.29) is 4.88 Å². The number of nitrogens with zero attached hydrogens (tertiary/aromatic N) is 1. The van der Waals surface area contributed by atoms with Crippen molar-refractivity contribution in [3.63, 3.8) is 0 Å². The number of nitrogens with one attached hydrogen (secondary N) is 1. The normalized spacial score (nSPS) is 10.5. The molecular weight excluding hydrogens is 200 g/mol. The summed E-state index contributed by atoms with van der Waals surface area (Å²) in [6.07, 6.45) is 3.41. The van der Waals surface area contributed by atoms with Crippen molar-refractivity contribution >= 4 is 22.4 Å². The summed E-state index contributed by atoms with van der Waals surface area (Å²) < 4.78 is 0. The van der Waals surface area contributed by atoms with E-state index in [0.29, 0.717) is 11.2 Å². The lowest BCUT2D eigenvalue weighted by atomic mass is 10.2. The Hall–Kier alpha value is -1.10. The molecule has 78 valence electrons. The summed E-state index contributed by atoms with van der Waals surface area (Å²) in [4.78, 5) is 14.9. The molecule has 0 aliphatic rings. The summed E-state index contributed by atoms with van der Waals surface area (Å²) in [7, 11) is 0. The van der Waals surface area contributed by atoms with E-state index in [1.54, 1.807) is 0 Å². The molecule has 0 aliphatic heterocycles. The first-order chi connectivity index (χ1) is 6.67. The zero-order valence-electron chi connectivity index (χ0n) is 8.28. The van der Waals surface area contributed by atoms with Crippen molar-refractivity contribution in [2.24, 2.45) is 0 Å². The van der Waals surface area contributed by atoms with Crippen molar-refractivity contribution < 1.29 is 9.90 Å². The Morgan fingerprint density at radius 2 is 2.29 bits per heavy atom. The van der Waals surface area contributed by atoms with Crippen LogP contribution in [-0.4, -0.2) is 22.1 Å². The van der Waals surface area contributed by atoms with Gasteiger partial charge in [-0.15, -0.1) is 0 Å². The van der Waals surface area contributed by atoms with Gasteiger partial charge in [-0.05, 0) is 12.8 Å². The van der Waals surface area contributed by atoms with Crippen LogP contribution in [0.2, 0.25) is 0 Å². The third kappa shape index (κ3) is 2.70. The molecule has 1 aromatic heterocycles. The minimum atomic E-state index is -0.917. The summed E-state index contributed by atoms with van der Waals surface area (Å²) in [5.41, 5.74) is 0. The van der Waals surface area contributed by atoms with E-state index in [1.165, 1.54) is 17.5 Å². The highest BCUT2D eigenvalue weighted by molar-refractivity contribution is 7.17. The maximum absolute atomic E-state index is 10.6. The zero-order valence-corrected chi connectivity index (χ0v) is 9.10. The Kier molecular flexibility index (Phi) is 3.88. The van der Waals surface area contributed by atoms with Crippen LogP contribution in [0.1, 0.15) is 36.4 Å². The molecule has 1 rings (SSSR count). The standard InChI is InChI=1S/C9H14N2O2S/c1-3-6(4-2)11-9-10-5-7(14-9)8(12)13/h5-6H,3-4H2,1-2H3,(H,10,11)(H,12,13). The van der Waals surface area contributed by atoms with E-state index >= 15 is 0 Å². The number of aromatic carboxylic acids is 1. The number of carbonyl (C=O) groups is 1. The topological polar surface area (TPSA) is 62.2 Å². The Bertz CT molecular complexity index is 308. The monoisotopic (exact) mass is 214 g/mol. The van der Waals surface area contributed by atoms with Crippen LogP contribution in [0.25, 0.3) is 0 Å². The summed E-state index contributed by atoms with van der Waals surface area (Å²) in [6, 6.07) is 0.378. The maximum Gasteiger partial charge on any atom is 0.347 e. The average molecular weight is 214 g/mol. The van der Waals surface area contributed by atoms with Gasteiger partial charge in [-0.1, -0.05) is 25.2 Å². The second-order valence-electron chi connectivity index (χ2n) is 2.99. The number of aromatic nitrogens is 1. The lowest BCUT2D eigenvalue weighted by Gasteiger charge is -2.12. The highest BCUT2D eigenvalue weighted by atomic mass is 32.1. The molecule has 0 spiro atoms. The Balaban J connectivity index is 2.63. The van der Waals surface area contributed by atoms with Gasteiger partial charge in [-0.25, -0.2) is 9.78 Å². The second-order valence-corrected chi connectivity index (χ2v) is 4.02. The molecule has 0 saturated heterocycles. The van der Waals surface area contributed by atoms with E-state index < -0.39 is 5.97 Å². The van der Waals surface area contributed by atoms with Crippen LogP contribution in [0.5, 0.6) is 0 Å². The van der Waals surface area contributed by atoms with Crippen LogP contribution in [0.15, 0.2) is 6.20 Å². The number of carboxylic acid groups (broad SMARTS) is 1. The van der Waals surface area contributed by atoms with Gasteiger partial charge in [0.05, 0.1) is 6.20 Å². The molecule has 14 heavy (non-hydrogen) atoms. The molecule has 0 saturated carbocycles. The minimum Gasteiger partial charge on any atom is -0.477 e. The molecule has 5 heteroatoms. The van der Waals surface area contributed by atoms with Crippen LogP contribution in [0.4, 0.5) is 5.13 Å². The fourth-order valence-corrected chi connectivity index (χ4v) is 1.84. The van der Waals surface area contributed by atoms with Crippen molar-refractivity contribution in [2.75, 3.05) is 5.32 Å². The highest BCUT2D eigenvalue weighted by Crippen LogP contribution is 2.19. The van der Waals surface area contributed by atoms with Crippen molar-refractivity contribution in [2.45, 2.75) is 32.7 Å². The Morgan fingerprint density at radius 1 is 1.64 bits per heavy atom. The van der Waals surface area contributed by atoms with E-state index in [4.69, 9.17) is 5.11 Å². The average Bonchev–Trinajstić information content (AvgIpc) is 2.62. The number of anilines is 1. The molecule has 0 radical (unpaired) electrons. The van der Waals surface area contributed by atoms with Gasteiger partial charge in [0, 0.05) is 6.04 Å². The first-order valence-electron chi connectivity index (χ1n) is 4.63. The summed E-state index contributed by atoms with van der Waals surface area (Å²) in [5.74, 6) is -0.917. The van der Waals surface area contributed by atoms with E-state index in [1.807, 2.05) is 0 Å². The van der Waals surface area contributed by atoms with Crippen LogP contribution >= 0.6 is 11.3 Å². The molecular formula is C9H14N2O2S. The van der Waals surface area contributed by atoms with Crippen molar-refractivity contribution in [3.8, 4) is 0 Å². The molecule has 1 aromatic rings. The zero-order chi connectivity index (χ0) is 10.6. The lowest BCUT2D eigenvalue weighted by molar-refractivity contribution is 0.0702. The maximum atomic E-state index is 10.6. The quantitative estimate of drug-likeness (QED) is 0.790. The van der Waals surface area contributed by atoms with Gasteiger partial charge in [0.2, 0.25) is 0 Å². The summed E-state index contributed by atoms with van der Waals surface area (Å²) in [6.45, 7) is 4.18. The molecule has 0 fully saturated rings. The van der Waals surface area contributed by atoms with Gasteiger partial charge in [0.1, 0.15) is 4.88 Å². The highest BCUT2D eigenvalue weighted by Gasteiger charge is 2.10. The Morgan fingerprint density at radius 3 is 2.71 bits per heavy atom. The third-order valence-electron chi connectivity index (χ3n) is 2.03. The summed E-state index contributed by atoms with van der Waals surface area (Å²) in [5, 5.41) is 12.6. The molecule has 1 heterocycles. The number of hydrogen-bond acceptors (Lipinski definition) is 4. The molecule has 4 nitrogen and oxygen atoms in total. The fraction of sp³-hybridized carbons (Fsp3) is 0.556. The van der Waals surface area contributed by atoms with E-state index in [0.717, 1.165) is 12.8 Å². The Labute approximate surface area is 87.0 Å². The van der Waals surface area contributed by atoms with Crippen LogP contribution in [0.3, 0.4) is 0 Å². The largest absolute Gasteiger partial charge is 0.477 e. The molecule has 0 atom stereocenters. The van der Waals surface area contributed by atoms with Crippen LogP contribution in [0, 0.1) is 0 Å². The van der Waals surface area contributed by atoms with Gasteiger partial charge in [-0.2, -0.15) is 0 Å². The molecule has 0 bridgehead atoms. The van der Waals surface area contributed by atoms with Gasteiger partial charge < -0.3 is 10.4 Å². The summed E-state index contributed by atoms with van der Waals surface area (Å²) >= 11 is 1.18. The molecule has 2 N–H and O–H groups in total. The van der Waals surface area contributed by atoms with Gasteiger partial charge >= 0.3 is 5.97 Å². The number of hydrogen-bond donors (Lipinski definition) is 2. The van der Waals surface area contributed by atoms with Gasteiger partial charge in [0.15, 0.2) is 5.13 Å². The van der Waals surface area contributed by atoms with Crippen LogP contribution in [-0.2, 0) is 0 Å².